The molecule has 3 rings (SSSR count). The number of fused-ring (bicyclic) bond motifs is 1. The van der Waals surface area contributed by atoms with Crippen LogP contribution in [0.25, 0.3) is 6.08 Å². The molecule has 2 amide bonds. The van der Waals surface area contributed by atoms with Gasteiger partial charge < -0.3 is 15.4 Å². The highest BCUT2D eigenvalue weighted by atomic mass is 32.1. The van der Waals surface area contributed by atoms with Crippen LogP contribution in [0.15, 0.2) is 36.4 Å². The molecule has 2 N–H and O–H groups in total. The number of aryl methyl sites for hydroxylation is 1. The van der Waals surface area contributed by atoms with Crippen molar-refractivity contribution in [1.82, 2.24) is 5.32 Å². The molecule has 1 heterocycles. The number of ether oxygens (including phenoxy) is 1. The van der Waals surface area contributed by atoms with Crippen LogP contribution in [0, 0.1) is 0 Å². The molecular formula is C21H24N2O3S. The summed E-state index contributed by atoms with van der Waals surface area (Å²) in [5, 5.41) is 6.43. The molecule has 5 nitrogen and oxygen atoms in total. The van der Waals surface area contributed by atoms with E-state index in [0.717, 1.165) is 36.8 Å². The lowest BCUT2D eigenvalue weighted by Gasteiger charge is -2.13. The molecule has 142 valence electrons. The largest absolute Gasteiger partial charge is 0.383 e. The molecule has 0 saturated carbocycles. The summed E-state index contributed by atoms with van der Waals surface area (Å²) in [5.74, 6) is -0.378. The third kappa shape index (κ3) is 5.05. The first-order chi connectivity index (χ1) is 13.2. The number of benzene rings is 1. The highest BCUT2D eigenvalue weighted by Gasteiger charge is 2.25. The molecule has 6 heteroatoms. The molecule has 0 spiro atoms. The van der Waals surface area contributed by atoms with E-state index in [2.05, 4.69) is 10.6 Å². The molecule has 1 aromatic heterocycles. The van der Waals surface area contributed by atoms with E-state index in [4.69, 9.17) is 4.74 Å². The van der Waals surface area contributed by atoms with Crippen LogP contribution < -0.4 is 10.6 Å². The number of thiophene rings is 1. The summed E-state index contributed by atoms with van der Waals surface area (Å²) < 4.78 is 5.00. The van der Waals surface area contributed by atoms with Crippen LogP contribution in [0.4, 0.5) is 5.00 Å². The quantitative estimate of drug-likeness (QED) is 0.566. The maximum atomic E-state index is 12.7. The summed E-state index contributed by atoms with van der Waals surface area (Å²) in [6.07, 6.45) is 7.31. The van der Waals surface area contributed by atoms with Crippen molar-refractivity contribution in [1.29, 1.82) is 0 Å². The first-order valence-corrected chi connectivity index (χ1v) is 9.96. The Morgan fingerprint density at radius 3 is 2.74 bits per heavy atom. The lowest BCUT2D eigenvalue weighted by molar-refractivity contribution is -0.111. The van der Waals surface area contributed by atoms with Crippen LogP contribution >= 0.6 is 11.3 Å². The van der Waals surface area contributed by atoms with Gasteiger partial charge in [-0.1, -0.05) is 30.3 Å². The van der Waals surface area contributed by atoms with Gasteiger partial charge >= 0.3 is 0 Å². The molecule has 0 saturated heterocycles. The standard InChI is InChI=1S/C21H24N2O3S/c1-26-14-13-22-20(25)19-16-9-5-6-10-17(16)27-21(19)23-18(24)12-11-15-7-3-2-4-8-15/h2-4,7-8,11-12H,5-6,9-10,13-14H2,1H3,(H,22,25)(H,23,24)/b12-11+. The monoisotopic (exact) mass is 384 g/mol. The molecule has 0 unspecified atom stereocenters. The van der Waals surface area contributed by atoms with Gasteiger partial charge in [0.1, 0.15) is 5.00 Å². The minimum atomic E-state index is -0.233. The Balaban J connectivity index is 1.77. The van der Waals surface area contributed by atoms with Crippen LogP contribution in [-0.4, -0.2) is 32.1 Å². The van der Waals surface area contributed by atoms with Gasteiger partial charge in [-0.05, 0) is 42.9 Å². The molecule has 0 atom stereocenters. The summed E-state index contributed by atoms with van der Waals surface area (Å²) in [6.45, 7) is 0.904. The van der Waals surface area contributed by atoms with Gasteiger partial charge in [0.2, 0.25) is 5.91 Å². The summed E-state index contributed by atoms with van der Waals surface area (Å²) in [7, 11) is 1.60. The number of nitrogens with one attached hydrogen (secondary N) is 2. The van der Waals surface area contributed by atoms with Gasteiger partial charge in [0.15, 0.2) is 0 Å². The van der Waals surface area contributed by atoms with Crippen molar-refractivity contribution in [2.75, 3.05) is 25.6 Å². The van der Waals surface area contributed by atoms with Crippen LogP contribution in [0.1, 0.15) is 39.2 Å². The Labute approximate surface area is 163 Å². The number of hydrogen-bond acceptors (Lipinski definition) is 4. The van der Waals surface area contributed by atoms with E-state index in [1.165, 1.54) is 22.3 Å². The third-order valence-electron chi connectivity index (χ3n) is 4.45. The Morgan fingerprint density at radius 1 is 1.19 bits per heavy atom. The highest BCUT2D eigenvalue weighted by Crippen LogP contribution is 2.38. The van der Waals surface area contributed by atoms with E-state index in [-0.39, 0.29) is 11.8 Å². The van der Waals surface area contributed by atoms with Crippen molar-refractivity contribution in [3.05, 3.63) is 58.0 Å². The van der Waals surface area contributed by atoms with Gasteiger partial charge in [-0.2, -0.15) is 0 Å². The average molecular weight is 385 g/mol. The van der Waals surface area contributed by atoms with Gasteiger partial charge in [0.25, 0.3) is 5.91 Å². The number of methoxy groups -OCH3 is 1. The summed E-state index contributed by atoms with van der Waals surface area (Å²) >= 11 is 1.52. The van der Waals surface area contributed by atoms with Gasteiger partial charge in [0, 0.05) is 24.6 Å². The maximum Gasteiger partial charge on any atom is 0.254 e. The van der Waals surface area contributed by atoms with E-state index in [1.54, 1.807) is 13.2 Å². The summed E-state index contributed by atoms with van der Waals surface area (Å²) in [6, 6.07) is 9.65. The number of rotatable bonds is 7. The molecule has 0 radical (unpaired) electrons. The predicted molar refractivity (Wildman–Crippen MR) is 109 cm³/mol. The topological polar surface area (TPSA) is 67.4 Å². The van der Waals surface area contributed by atoms with Crippen LogP contribution in [-0.2, 0) is 22.4 Å². The molecule has 1 aromatic carbocycles. The van der Waals surface area contributed by atoms with E-state index in [1.807, 2.05) is 30.3 Å². The second kappa shape index (κ2) is 9.48. The highest BCUT2D eigenvalue weighted by molar-refractivity contribution is 7.17. The van der Waals surface area contributed by atoms with Gasteiger partial charge in [-0.25, -0.2) is 0 Å². The van der Waals surface area contributed by atoms with Crippen molar-refractivity contribution in [3.63, 3.8) is 0 Å². The fraction of sp³-hybridized carbons (Fsp3) is 0.333. The maximum absolute atomic E-state index is 12.7. The fourth-order valence-corrected chi connectivity index (χ4v) is 4.43. The Morgan fingerprint density at radius 2 is 1.96 bits per heavy atom. The molecule has 2 aromatic rings. The molecule has 27 heavy (non-hydrogen) atoms. The number of amides is 2. The van der Waals surface area contributed by atoms with Crippen LogP contribution in [0.3, 0.4) is 0 Å². The number of carbonyl (C=O) groups excluding carboxylic acids is 2. The molecule has 0 fully saturated rings. The van der Waals surface area contributed by atoms with Crippen LogP contribution in [0.5, 0.6) is 0 Å². The Kier molecular flexibility index (Phi) is 6.79. The first-order valence-electron chi connectivity index (χ1n) is 9.15. The second-order valence-electron chi connectivity index (χ2n) is 6.40. The Hall–Kier alpha value is -2.44. The van der Waals surface area contributed by atoms with Crippen molar-refractivity contribution in [3.8, 4) is 0 Å². The molecule has 0 bridgehead atoms. The minimum absolute atomic E-state index is 0.145. The first kappa shape index (κ1) is 19.3. The van der Waals surface area contributed by atoms with Crippen molar-refractivity contribution in [2.24, 2.45) is 0 Å². The SMILES string of the molecule is COCCNC(=O)c1c(NC(=O)/C=C/c2ccccc2)sc2c1CCCC2. The smallest absolute Gasteiger partial charge is 0.254 e. The zero-order chi connectivity index (χ0) is 19.1. The van der Waals surface area contributed by atoms with Crippen molar-refractivity contribution in [2.45, 2.75) is 25.7 Å². The van der Waals surface area contributed by atoms with E-state index < -0.39 is 0 Å². The normalized spacial score (nSPS) is 13.4. The van der Waals surface area contributed by atoms with E-state index in [9.17, 15) is 9.59 Å². The number of anilines is 1. The molecule has 0 aliphatic heterocycles. The van der Waals surface area contributed by atoms with Gasteiger partial charge in [0.05, 0.1) is 12.2 Å². The van der Waals surface area contributed by atoms with Crippen molar-refractivity contribution >= 4 is 34.2 Å². The molecule has 1 aliphatic carbocycles. The number of carbonyl (C=O) groups is 2. The van der Waals surface area contributed by atoms with Gasteiger partial charge in [-0.3, -0.25) is 9.59 Å². The lowest BCUT2D eigenvalue weighted by atomic mass is 9.95. The van der Waals surface area contributed by atoms with E-state index >= 15 is 0 Å². The van der Waals surface area contributed by atoms with Crippen molar-refractivity contribution < 1.29 is 14.3 Å². The average Bonchev–Trinajstić information content (AvgIpc) is 3.05. The molecule has 1 aliphatic rings. The minimum Gasteiger partial charge on any atom is -0.383 e. The number of hydrogen-bond donors (Lipinski definition) is 2. The van der Waals surface area contributed by atoms with Crippen LogP contribution in [0.2, 0.25) is 0 Å². The fourth-order valence-electron chi connectivity index (χ4n) is 3.14. The zero-order valence-electron chi connectivity index (χ0n) is 15.4. The lowest BCUT2D eigenvalue weighted by Crippen LogP contribution is -2.28. The predicted octanol–water partition coefficient (Wildman–Crippen LogP) is 3.66. The van der Waals surface area contributed by atoms with Gasteiger partial charge in [-0.15, -0.1) is 11.3 Å². The second-order valence-corrected chi connectivity index (χ2v) is 7.50. The summed E-state index contributed by atoms with van der Waals surface area (Å²) in [5.41, 5.74) is 2.66. The summed E-state index contributed by atoms with van der Waals surface area (Å²) in [4.78, 5) is 26.3. The van der Waals surface area contributed by atoms with E-state index in [0.29, 0.717) is 23.7 Å². The zero-order valence-corrected chi connectivity index (χ0v) is 16.2. The Bertz CT molecular complexity index is 827. The third-order valence-corrected chi connectivity index (χ3v) is 5.66. The molecular weight excluding hydrogens is 360 g/mol.